The van der Waals surface area contributed by atoms with Crippen molar-refractivity contribution in [2.45, 2.75) is 13.8 Å². The van der Waals surface area contributed by atoms with Crippen LogP contribution in [0, 0.1) is 0 Å². The predicted octanol–water partition coefficient (Wildman–Crippen LogP) is 12.9. The third-order valence-corrected chi connectivity index (χ3v) is 9.10. The molecule has 8 bridgehead atoms. The molecule has 10 aromatic rings. The monoisotopic (exact) mass is 674 g/mol. The normalized spacial score (nSPS) is 12.0. The van der Waals surface area contributed by atoms with Crippen molar-refractivity contribution in [1.82, 2.24) is 18.3 Å². The van der Waals surface area contributed by atoms with E-state index < -0.39 is 0 Å². The topological polar surface area (TPSA) is 19.7 Å². The van der Waals surface area contributed by atoms with E-state index in [4.69, 9.17) is 0 Å². The summed E-state index contributed by atoms with van der Waals surface area (Å²) in [5.41, 5.74) is 12.4. The Bertz CT molecular complexity index is 2630. The van der Waals surface area contributed by atoms with Gasteiger partial charge >= 0.3 is 0 Å². The molecular weight excluding hydrogens is 633 g/mol. The van der Waals surface area contributed by atoms with Crippen LogP contribution in [-0.4, -0.2) is 18.3 Å². The molecule has 0 unspecified atom stereocenters. The minimum Gasteiger partial charge on any atom is -0.311 e. The van der Waals surface area contributed by atoms with Gasteiger partial charge in [0.15, 0.2) is 0 Å². The number of aromatic nitrogens is 4. The molecule has 0 fully saturated rings. The van der Waals surface area contributed by atoms with Crippen molar-refractivity contribution in [2.75, 3.05) is 0 Å². The van der Waals surface area contributed by atoms with Gasteiger partial charge in [-0.15, -0.1) is 0 Å². The van der Waals surface area contributed by atoms with Gasteiger partial charge in [0.05, 0.1) is 0 Å². The highest BCUT2D eigenvalue weighted by atomic mass is 15.0. The summed E-state index contributed by atoms with van der Waals surface area (Å²) in [5, 5.41) is 0. The molecule has 0 saturated carbocycles. The van der Waals surface area contributed by atoms with Crippen molar-refractivity contribution < 1.29 is 0 Å². The van der Waals surface area contributed by atoms with E-state index >= 15 is 0 Å². The Balaban J connectivity index is 1.75. The van der Waals surface area contributed by atoms with Crippen molar-refractivity contribution in [3.63, 3.8) is 0 Å². The second-order valence-corrected chi connectivity index (χ2v) is 12.3. The lowest BCUT2D eigenvalue weighted by molar-refractivity contribution is 1.13. The average Bonchev–Trinajstić information content (AvgIpc) is 3.20. The van der Waals surface area contributed by atoms with Crippen LogP contribution in [0.25, 0.3) is 66.9 Å². The Morgan fingerprint density at radius 2 is 0.865 bits per heavy atom. The quantitative estimate of drug-likeness (QED) is 0.150. The molecule has 254 valence electrons. The van der Waals surface area contributed by atoms with E-state index in [-0.39, 0.29) is 0 Å². The first-order chi connectivity index (χ1) is 25.6. The SMILES string of the molecule is C=C/C=C(\C=C)n1c2ccc(cc2)n(C(/C=C\C)=C/C)c2cccc(c2)n(-c2ccccc2)c2ccc(cc2)n(-c2ccccc2)c2cccc1c2. The fourth-order valence-electron chi connectivity index (χ4n) is 6.81. The molecule has 0 aliphatic heterocycles. The fraction of sp³-hybridized carbons (Fsp3) is 0.0417. The number of nitrogens with zero attached hydrogens (tertiary/aromatic N) is 4. The first kappa shape index (κ1) is 33.7. The zero-order valence-corrected chi connectivity index (χ0v) is 29.7. The minimum atomic E-state index is 0.915. The van der Waals surface area contributed by atoms with Crippen molar-refractivity contribution in [2.24, 2.45) is 0 Å². The molecule has 0 aliphatic carbocycles. The van der Waals surface area contributed by atoms with Crippen molar-refractivity contribution in [1.29, 1.82) is 0 Å². The maximum Gasteiger partial charge on any atom is 0.0482 e. The smallest absolute Gasteiger partial charge is 0.0482 e. The zero-order valence-electron chi connectivity index (χ0n) is 29.7. The Morgan fingerprint density at radius 3 is 1.27 bits per heavy atom. The zero-order chi connectivity index (χ0) is 35.9. The maximum atomic E-state index is 4.19. The summed E-state index contributed by atoms with van der Waals surface area (Å²) in [6.45, 7) is 12.3. The molecule has 0 saturated heterocycles. The fourth-order valence-corrected chi connectivity index (χ4v) is 6.81. The lowest BCUT2D eigenvalue weighted by Gasteiger charge is -2.17. The van der Waals surface area contributed by atoms with E-state index in [0.717, 1.165) is 66.9 Å². The van der Waals surface area contributed by atoms with Gasteiger partial charge in [0.25, 0.3) is 0 Å². The Hall–Kier alpha value is -6.78. The van der Waals surface area contributed by atoms with Gasteiger partial charge in [-0.05, 0) is 141 Å². The van der Waals surface area contributed by atoms with Gasteiger partial charge in [0.2, 0.25) is 0 Å². The number of para-hydroxylation sites is 2. The summed E-state index contributed by atoms with van der Waals surface area (Å²) in [7, 11) is 0. The van der Waals surface area contributed by atoms with Crippen molar-refractivity contribution >= 4 is 55.5 Å². The first-order valence-electron chi connectivity index (χ1n) is 17.6. The van der Waals surface area contributed by atoms with Crippen molar-refractivity contribution in [3.8, 4) is 11.4 Å². The predicted molar refractivity (Wildman–Crippen MR) is 225 cm³/mol. The molecule has 4 heteroatoms. The second-order valence-electron chi connectivity index (χ2n) is 12.3. The third kappa shape index (κ3) is 6.70. The highest BCUT2D eigenvalue weighted by Crippen LogP contribution is 2.26. The molecule has 4 nitrogen and oxygen atoms in total. The van der Waals surface area contributed by atoms with E-state index in [1.54, 1.807) is 6.08 Å². The molecule has 0 atom stereocenters. The molecule has 0 amide bonds. The highest BCUT2D eigenvalue weighted by molar-refractivity contribution is 5.81. The van der Waals surface area contributed by atoms with Gasteiger partial charge in [-0.2, -0.15) is 0 Å². The third-order valence-electron chi connectivity index (χ3n) is 9.10. The number of rotatable bonds is 7. The van der Waals surface area contributed by atoms with Gasteiger partial charge in [-0.1, -0.05) is 79.9 Å². The van der Waals surface area contributed by atoms with Gasteiger partial charge in [0, 0.05) is 66.9 Å². The summed E-state index contributed by atoms with van der Waals surface area (Å²) < 4.78 is 9.15. The largest absolute Gasteiger partial charge is 0.311 e. The highest BCUT2D eigenvalue weighted by Gasteiger charge is 2.08. The van der Waals surface area contributed by atoms with Crippen LogP contribution in [0.5, 0.6) is 0 Å². The standard InChI is InChI=1S/C48H42N4/c1-5-17-37(7-3)49-41-27-29-42(30-28-41)50(38(8-4)18-6-2)46-24-16-26-48(36-46)52(40-21-13-10-14-22-40)44-33-31-43(32-34-44)51(39-19-11-9-12-20-39)47-25-15-23-45(49)35-47/h5-36H,1,3H2,2,4H3/b18-6-,37-17+,38-8+. The van der Waals surface area contributed by atoms with E-state index in [1.165, 1.54) is 0 Å². The Morgan fingerprint density at radius 1 is 0.442 bits per heavy atom. The second kappa shape index (κ2) is 15.4. The number of hydrogen-bond donors (Lipinski definition) is 0. The average molecular weight is 675 g/mol. The Labute approximate surface area is 305 Å². The lowest BCUT2D eigenvalue weighted by Crippen LogP contribution is -2.02. The van der Waals surface area contributed by atoms with Gasteiger partial charge in [-0.3, -0.25) is 0 Å². The van der Waals surface area contributed by atoms with Gasteiger partial charge < -0.3 is 18.3 Å². The molecule has 6 aromatic carbocycles. The molecule has 10 rings (SSSR count). The van der Waals surface area contributed by atoms with Crippen LogP contribution in [0.4, 0.5) is 0 Å². The first-order valence-corrected chi connectivity index (χ1v) is 17.6. The van der Waals surface area contributed by atoms with Crippen molar-refractivity contribution in [3.05, 3.63) is 207 Å². The van der Waals surface area contributed by atoms with E-state index in [0.29, 0.717) is 0 Å². The summed E-state index contributed by atoms with van der Waals surface area (Å²) in [5.74, 6) is 0. The van der Waals surface area contributed by atoms with Crippen LogP contribution in [0.1, 0.15) is 13.8 Å². The van der Waals surface area contributed by atoms with Gasteiger partial charge in [0.1, 0.15) is 0 Å². The molecule has 52 heavy (non-hydrogen) atoms. The van der Waals surface area contributed by atoms with E-state index in [2.05, 4.69) is 221 Å². The van der Waals surface area contributed by atoms with E-state index in [1.807, 2.05) is 12.2 Å². The Kier molecular flexibility index (Phi) is 9.99. The molecule has 0 spiro atoms. The summed E-state index contributed by atoms with van der Waals surface area (Å²) in [6.07, 6.45) is 12.1. The van der Waals surface area contributed by atoms with Crippen LogP contribution in [0.15, 0.2) is 207 Å². The molecule has 4 aromatic heterocycles. The van der Waals surface area contributed by atoms with E-state index in [9.17, 15) is 0 Å². The van der Waals surface area contributed by atoms with Crippen LogP contribution in [-0.2, 0) is 0 Å². The maximum absolute atomic E-state index is 4.19. The number of allylic oxidation sites excluding steroid dienone is 8. The van der Waals surface area contributed by atoms with Crippen LogP contribution < -0.4 is 0 Å². The molecule has 0 aliphatic rings. The summed E-state index contributed by atoms with van der Waals surface area (Å²) in [6, 6.07) is 56.0. The van der Waals surface area contributed by atoms with Crippen LogP contribution in [0.3, 0.4) is 0 Å². The number of hydrogen-bond acceptors (Lipinski definition) is 0. The lowest BCUT2D eigenvalue weighted by atomic mass is 10.2. The van der Waals surface area contributed by atoms with Crippen LogP contribution >= 0.6 is 0 Å². The van der Waals surface area contributed by atoms with Gasteiger partial charge in [-0.25, -0.2) is 0 Å². The molecule has 0 radical (unpaired) electrons. The summed E-state index contributed by atoms with van der Waals surface area (Å²) >= 11 is 0. The molecule has 0 N–H and O–H groups in total. The minimum absolute atomic E-state index is 0.915. The van der Waals surface area contributed by atoms with Crippen LogP contribution in [0.2, 0.25) is 0 Å². The molecule has 4 heterocycles. The number of benzene rings is 6. The molecular formula is C48H42N4. The summed E-state index contributed by atoms with van der Waals surface area (Å²) in [4.78, 5) is 0.